The van der Waals surface area contributed by atoms with Crippen LogP contribution >= 0.6 is 0 Å². The maximum Gasteiger partial charge on any atom is 0.0724 e. The minimum absolute atomic E-state index is 0.274. The molecule has 0 radical (unpaired) electrons. The van der Waals surface area contributed by atoms with Crippen molar-refractivity contribution < 1.29 is 5.11 Å². The molecule has 1 nitrogen and oxygen atoms in total. The lowest BCUT2D eigenvalue weighted by atomic mass is 10.0. The van der Waals surface area contributed by atoms with Crippen LogP contribution in [0.3, 0.4) is 0 Å². The predicted molar refractivity (Wildman–Crippen MR) is 90.9 cm³/mol. The average molecular weight is 278 g/mol. The predicted octanol–water partition coefficient (Wildman–Crippen LogP) is 5.81. The Morgan fingerprint density at radius 3 is 2.50 bits per heavy atom. The lowest BCUT2D eigenvalue weighted by Crippen LogP contribution is -2.03. The molecule has 0 amide bonds. The zero-order valence-corrected chi connectivity index (χ0v) is 13.9. The van der Waals surface area contributed by atoms with Crippen LogP contribution in [0.5, 0.6) is 0 Å². The van der Waals surface area contributed by atoms with Gasteiger partial charge in [-0.3, -0.25) is 0 Å². The number of hydrogen-bond acceptors (Lipinski definition) is 1. The van der Waals surface area contributed by atoms with E-state index in [2.05, 4.69) is 38.2 Å². The van der Waals surface area contributed by atoms with E-state index in [4.69, 9.17) is 0 Å². The van der Waals surface area contributed by atoms with Crippen LogP contribution in [-0.2, 0) is 0 Å². The molecule has 1 rings (SSSR count). The molecule has 0 aromatic carbocycles. The van der Waals surface area contributed by atoms with Crippen LogP contribution in [0.2, 0.25) is 0 Å². The van der Waals surface area contributed by atoms with Gasteiger partial charge in [-0.05, 0) is 44.9 Å². The molecule has 0 heterocycles. The molecular formula is C19H34O. The van der Waals surface area contributed by atoms with Crippen LogP contribution in [0.4, 0.5) is 0 Å². The monoisotopic (exact) mass is 278 g/mol. The first-order chi connectivity index (χ1) is 9.72. The molecule has 1 aliphatic rings. The summed E-state index contributed by atoms with van der Waals surface area (Å²) >= 11 is 0. The Bertz CT molecular complexity index is 293. The van der Waals surface area contributed by atoms with Gasteiger partial charge in [0.2, 0.25) is 0 Å². The number of rotatable bonds is 7. The summed E-state index contributed by atoms with van der Waals surface area (Å²) in [6, 6.07) is 0. The topological polar surface area (TPSA) is 20.2 Å². The van der Waals surface area contributed by atoms with Gasteiger partial charge in [0.25, 0.3) is 0 Å². The van der Waals surface area contributed by atoms with Crippen LogP contribution in [0.25, 0.3) is 0 Å². The quantitative estimate of drug-likeness (QED) is 0.460. The Labute approximate surface area is 126 Å². The van der Waals surface area contributed by atoms with Gasteiger partial charge < -0.3 is 5.11 Å². The van der Waals surface area contributed by atoms with E-state index >= 15 is 0 Å². The summed E-state index contributed by atoms with van der Waals surface area (Å²) in [5.74, 6) is 0.726. The molecule has 1 aliphatic carbocycles. The Balaban J connectivity index is 0.00000172. The fourth-order valence-electron chi connectivity index (χ4n) is 2.36. The summed E-state index contributed by atoms with van der Waals surface area (Å²) < 4.78 is 0. The van der Waals surface area contributed by atoms with Crippen molar-refractivity contribution in [1.29, 1.82) is 0 Å². The third-order valence-corrected chi connectivity index (χ3v) is 3.59. The minimum atomic E-state index is -0.274. The Morgan fingerprint density at radius 2 is 1.90 bits per heavy atom. The second kappa shape index (κ2) is 13.2. The van der Waals surface area contributed by atoms with Gasteiger partial charge in [-0.2, -0.15) is 0 Å². The van der Waals surface area contributed by atoms with E-state index in [1.807, 2.05) is 19.9 Å². The molecular weight excluding hydrogens is 244 g/mol. The van der Waals surface area contributed by atoms with Crippen molar-refractivity contribution in [2.75, 3.05) is 0 Å². The van der Waals surface area contributed by atoms with E-state index in [-0.39, 0.29) is 6.10 Å². The normalized spacial score (nSPS) is 18.6. The highest BCUT2D eigenvalue weighted by molar-refractivity contribution is 5.10. The van der Waals surface area contributed by atoms with E-state index in [1.54, 1.807) is 0 Å². The van der Waals surface area contributed by atoms with E-state index in [9.17, 15) is 5.11 Å². The Morgan fingerprint density at radius 1 is 1.25 bits per heavy atom. The average Bonchev–Trinajstić information content (AvgIpc) is 2.98. The molecule has 0 saturated heterocycles. The summed E-state index contributed by atoms with van der Waals surface area (Å²) in [6.45, 7) is 8.27. The van der Waals surface area contributed by atoms with Crippen molar-refractivity contribution in [2.45, 2.75) is 78.7 Å². The molecule has 1 heteroatoms. The highest BCUT2D eigenvalue weighted by Crippen LogP contribution is 2.25. The van der Waals surface area contributed by atoms with Crippen molar-refractivity contribution in [2.24, 2.45) is 5.92 Å². The van der Waals surface area contributed by atoms with E-state index < -0.39 is 0 Å². The number of aliphatic hydroxyl groups excluding tert-OH is 1. The SMILES string of the molecule is CC.CC/C=C\C=C(/C)CCC(O)/C=C/C1CCCC1. The summed E-state index contributed by atoms with van der Waals surface area (Å²) in [7, 11) is 0. The third-order valence-electron chi connectivity index (χ3n) is 3.59. The van der Waals surface area contributed by atoms with Gasteiger partial charge in [-0.15, -0.1) is 0 Å². The number of aliphatic hydroxyl groups is 1. The molecule has 1 saturated carbocycles. The highest BCUT2D eigenvalue weighted by Gasteiger charge is 2.11. The van der Waals surface area contributed by atoms with Crippen molar-refractivity contribution >= 4 is 0 Å². The highest BCUT2D eigenvalue weighted by atomic mass is 16.3. The van der Waals surface area contributed by atoms with Crippen LogP contribution < -0.4 is 0 Å². The standard InChI is InChI=1S/C17H28O.C2H6/c1-3-4-5-8-15(2)11-13-17(18)14-12-16-9-6-7-10-16;1-2/h4-5,8,12,14,16-18H,3,6-7,9-11,13H2,1-2H3;1-2H3/b5-4-,14-12+,15-8+;. The second-order valence-electron chi connectivity index (χ2n) is 5.38. The van der Waals surface area contributed by atoms with Gasteiger partial charge in [0, 0.05) is 0 Å². The Kier molecular flexibility index (Phi) is 12.6. The van der Waals surface area contributed by atoms with E-state index in [0.717, 1.165) is 25.2 Å². The molecule has 0 bridgehead atoms. The fourth-order valence-corrected chi connectivity index (χ4v) is 2.36. The van der Waals surface area contributed by atoms with Crippen LogP contribution in [-0.4, -0.2) is 11.2 Å². The molecule has 20 heavy (non-hydrogen) atoms. The lowest BCUT2D eigenvalue weighted by Gasteiger charge is -2.07. The molecule has 0 spiro atoms. The zero-order chi connectivity index (χ0) is 15.2. The van der Waals surface area contributed by atoms with Gasteiger partial charge in [-0.25, -0.2) is 0 Å². The molecule has 0 aromatic rings. The smallest absolute Gasteiger partial charge is 0.0724 e. The second-order valence-corrected chi connectivity index (χ2v) is 5.38. The molecule has 1 unspecified atom stereocenters. The van der Waals surface area contributed by atoms with Crippen LogP contribution in [0.1, 0.15) is 72.6 Å². The van der Waals surface area contributed by atoms with Crippen molar-refractivity contribution in [3.63, 3.8) is 0 Å². The first-order valence-electron chi connectivity index (χ1n) is 8.41. The molecule has 1 fully saturated rings. The fraction of sp³-hybridized carbons (Fsp3) is 0.684. The summed E-state index contributed by atoms with van der Waals surface area (Å²) in [5.41, 5.74) is 1.34. The number of hydrogen-bond donors (Lipinski definition) is 1. The maximum atomic E-state index is 9.90. The molecule has 116 valence electrons. The molecule has 0 aromatic heterocycles. The minimum Gasteiger partial charge on any atom is -0.389 e. The first kappa shape index (κ1) is 19.2. The lowest BCUT2D eigenvalue weighted by molar-refractivity contribution is 0.212. The molecule has 1 N–H and O–H groups in total. The van der Waals surface area contributed by atoms with Gasteiger partial charge in [-0.1, -0.05) is 69.6 Å². The van der Waals surface area contributed by atoms with Crippen molar-refractivity contribution in [3.05, 3.63) is 36.0 Å². The largest absolute Gasteiger partial charge is 0.389 e. The summed E-state index contributed by atoms with van der Waals surface area (Å²) in [4.78, 5) is 0. The first-order valence-corrected chi connectivity index (χ1v) is 8.41. The van der Waals surface area contributed by atoms with Crippen LogP contribution in [0, 0.1) is 5.92 Å². The van der Waals surface area contributed by atoms with E-state index in [0.29, 0.717) is 0 Å². The molecule has 1 atom stereocenters. The summed E-state index contributed by atoms with van der Waals surface area (Å²) in [5, 5.41) is 9.90. The van der Waals surface area contributed by atoms with Gasteiger partial charge in [0.05, 0.1) is 6.10 Å². The molecule has 0 aliphatic heterocycles. The maximum absolute atomic E-state index is 9.90. The van der Waals surface area contributed by atoms with Crippen molar-refractivity contribution in [1.82, 2.24) is 0 Å². The zero-order valence-electron chi connectivity index (χ0n) is 13.9. The van der Waals surface area contributed by atoms with E-state index in [1.165, 1.54) is 31.3 Å². The van der Waals surface area contributed by atoms with Crippen LogP contribution in [0.15, 0.2) is 36.0 Å². The summed E-state index contributed by atoms with van der Waals surface area (Å²) in [6.07, 6.45) is 18.6. The van der Waals surface area contributed by atoms with Gasteiger partial charge in [0.15, 0.2) is 0 Å². The third kappa shape index (κ3) is 10.0. The number of allylic oxidation sites excluding steroid dienone is 5. The van der Waals surface area contributed by atoms with Gasteiger partial charge >= 0.3 is 0 Å². The Hall–Kier alpha value is -0.820. The van der Waals surface area contributed by atoms with Gasteiger partial charge in [0.1, 0.15) is 0 Å². The van der Waals surface area contributed by atoms with Crippen molar-refractivity contribution in [3.8, 4) is 0 Å².